The predicted octanol–water partition coefficient (Wildman–Crippen LogP) is 1.50. The van der Waals surface area contributed by atoms with E-state index in [0.29, 0.717) is 25.6 Å². The topological polar surface area (TPSA) is 43.8 Å². The van der Waals surface area contributed by atoms with Gasteiger partial charge in [-0.3, -0.25) is 9.69 Å². The molecule has 1 saturated heterocycles. The van der Waals surface area contributed by atoms with E-state index >= 15 is 0 Å². The molecule has 0 saturated carbocycles. The van der Waals surface area contributed by atoms with Crippen LogP contribution >= 0.6 is 0 Å². The molecular formula is C15H28N2O2. The molecule has 1 aliphatic rings. The summed E-state index contributed by atoms with van der Waals surface area (Å²) in [4.78, 5) is 16.4. The maximum atomic E-state index is 12.5. The molecule has 0 aliphatic carbocycles. The van der Waals surface area contributed by atoms with Gasteiger partial charge in [0.15, 0.2) is 0 Å². The Bertz CT molecular complexity index is 330. The largest absolute Gasteiger partial charge is 0.392 e. The Morgan fingerprint density at radius 1 is 1.58 bits per heavy atom. The smallest absolute Gasteiger partial charge is 0.239 e. The lowest BCUT2D eigenvalue weighted by molar-refractivity contribution is -0.137. The van der Waals surface area contributed by atoms with Crippen LogP contribution in [0.3, 0.4) is 0 Å². The second-order valence-corrected chi connectivity index (χ2v) is 5.81. The van der Waals surface area contributed by atoms with E-state index in [1.165, 1.54) is 0 Å². The van der Waals surface area contributed by atoms with E-state index in [9.17, 15) is 9.90 Å². The van der Waals surface area contributed by atoms with Crippen LogP contribution < -0.4 is 0 Å². The molecule has 0 spiro atoms. The molecule has 1 rings (SSSR count). The highest BCUT2D eigenvalue weighted by Gasteiger charge is 2.31. The fourth-order valence-corrected chi connectivity index (χ4v) is 2.52. The first-order valence-electron chi connectivity index (χ1n) is 7.22. The Hall–Kier alpha value is -0.870. The molecule has 0 bridgehead atoms. The molecule has 3 unspecified atom stereocenters. The van der Waals surface area contributed by atoms with Gasteiger partial charge in [-0.2, -0.15) is 0 Å². The molecule has 110 valence electrons. The van der Waals surface area contributed by atoms with Gasteiger partial charge in [-0.15, -0.1) is 0 Å². The van der Waals surface area contributed by atoms with E-state index in [4.69, 9.17) is 0 Å². The van der Waals surface area contributed by atoms with Crippen molar-refractivity contribution in [1.82, 2.24) is 9.80 Å². The molecule has 1 heterocycles. The number of likely N-dealkylation sites (N-methyl/N-ethyl adjacent to an activating group) is 1. The Morgan fingerprint density at radius 2 is 2.21 bits per heavy atom. The molecule has 1 N–H and O–H groups in total. The van der Waals surface area contributed by atoms with Crippen molar-refractivity contribution in [3.05, 3.63) is 12.2 Å². The standard InChI is InChI=1S/C15H28N2O2/c1-6-16(9-11(2)3)15(19)13(5)17-8-7-12(4)14(18)10-17/h12-14,18H,2,6-10H2,1,3-5H3. The van der Waals surface area contributed by atoms with E-state index in [1.54, 1.807) is 0 Å². The number of aliphatic hydroxyl groups is 1. The summed E-state index contributed by atoms with van der Waals surface area (Å²) in [6.07, 6.45) is 0.631. The van der Waals surface area contributed by atoms with Crippen LogP contribution in [0.2, 0.25) is 0 Å². The van der Waals surface area contributed by atoms with Crippen LogP contribution in [-0.4, -0.2) is 59.1 Å². The minimum Gasteiger partial charge on any atom is -0.392 e. The summed E-state index contributed by atoms with van der Waals surface area (Å²) in [5.74, 6) is 0.462. The van der Waals surface area contributed by atoms with Crippen LogP contribution in [0.1, 0.15) is 34.1 Å². The molecule has 0 aromatic carbocycles. The first-order chi connectivity index (χ1) is 8.86. The van der Waals surface area contributed by atoms with Gasteiger partial charge in [-0.25, -0.2) is 0 Å². The van der Waals surface area contributed by atoms with Crippen molar-refractivity contribution in [2.24, 2.45) is 5.92 Å². The van der Waals surface area contributed by atoms with Gasteiger partial charge in [-0.1, -0.05) is 19.1 Å². The van der Waals surface area contributed by atoms with Crippen molar-refractivity contribution in [1.29, 1.82) is 0 Å². The van der Waals surface area contributed by atoms with Crippen LogP contribution in [0.15, 0.2) is 12.2 Å². The van der Waals surface area contributed by atoms with Crippen LogP contribution in [0.4, 0.5) is 0 Å². The molecule has 4 heteroatoms. The van der Waals surface area contributed by atoms with E-state index in [1.807, 2.05) is 25.7 Å². The van der Waals surface area contributed by atoms with Crippen molar-refractivity contribution in [3.63, 3.8) is 0 Å². The Kier molecular flexibility index (Phi) is 6.01. The van der Waals surface area contributed by atoms with Crippen molar-refractivity contribution in [2.75, 3.05) is 26.2 Å². The zero-order valence-corrected chi connectivity index (χ0v) is 12.7. The van der Waals surface area contributed by atoms with E-state index in [2.05, 4.69) is 18.4 Å². The van der Waals surface area contributed by atoms with E-state index in [-0.39, 0.29) is 18.1 Å². The Morgan fingerprint density at radius 3 is 2.68 bits per heavy atom. The molecule has 4 nitrogen and oxygen atoms in total. The summed E-state index contributed by atoms with van der Waals surface area (Å²) < 4.78 is 0. The Labute approximate surface area is 117 Å². The van der Waals surface area contributed by atoms with Crippen LogP contribution in [-0.2, 0) is 4.79 Å². The minimum atomic E-state index is -0.319. The van der Waals surface area contributed by atoms with Gasteiger partial charge >= 0.3 is 0 Å². The van der Waals surface area contributed by atoms with E-state index < -0.39 is 0 Å². The number of rotatable bonds is 5. The van der Waals surface area contributed by atoms with Gasteiger partial charge in [0.05, 0.1) is 12.1 Å². The molecule has 0 aromatic heterocycles. The second-order valence-electron chi connectivity index (χ2n) is 5.81. The number of amides is 1. The molecule has 1 aliphatic heterocycles. The summed E-state index contributed by atoms with van der Waals surface area (Å²) in [6.45, 7) is 14.6. The zero-order valence-electron chi connectivity index (χ0n) is 12.7. The lowest BCUT2D eigenvalue weighted by Gasteiger charge is -2.38. The molecule has 1 fully saturated rings. The third-order valence-corrected chi connectivity index (χ3v) is 4.01. The fraction of sp³-hybridized carbons (Fsp3) is 0.800. The number of piperidine rings is 1. The van der Waals surface area contributed by atoms with Crippen LogP contribution in [0.5, 0.6) is 0 Å². The highest BCUT2D eigenvalue weighted by molar-refractivity contribution is 5.81. The van der Waals surface area contributed by atoms with Gasteiger partial charge < -0.3 is 10.0 Å². The van der Waals surface area contributed by atoms with Gasteiger partial charge in [0.25, 0.3) is 0 Å². The third kappa shape index (κ3) is 4.32. The van der Waals surface area contributed by atoms with Gasteiger partial charge in [0.1, 0.15) is 0 Å². The second kappa shape index (κ2) is 7.06. The van der Waals surface area contributed by atoms with Gasteiger partial charge in [0, 0.05) is 19.6 Å². The Balaban J connectivity index is 2.62. The SMILES string of the molecule is C=C(C)CN(CC)C(=O)C(C)N1CCC(C)C(O)C1. The summed E-state index contributed by atoms with van der Waals surface area (Å²) >= 11 is 0. The summed E-state index contributed by atoms with van der Waals surface area (Å²) in [6, 6.07) is -0.165. The van der Waals surface area contributed by atoms with Crippen molar-refractivity contribution in [2.45, 2.75) is 46.3 Å². The molecular weight excluding hydrogens is 240 g/mol. The lowest BCUT2D eigenvalue weighted by atomic mass is 9.95. The summed E-state index contributed by atoms with van der Waals surface area (Å²) in [5.41, 5.74) is 0.995. The number of nitrogens with zero attached hydrogens (tertiary/aromatic N) is 2. The quantitative estimate of drug-likeness (QED) is 0.769. The van der Waals surface area contributed by atoms with Gasteiger partial charge in [0.2, 0.25) is 5.91 Å². The molecule has 1 amide bonds. The highest BCUT2D eigenvalue weighted by Crippen LogP contribution is 2.19. The zero-order chi connectivity index (χ0) is 14.6. The van der Waals surface area contributed by atoms with Crippen molar-refractivity contribution < 1.29 is 9.90 Å². The number of carbonyl (C=O) groups is 1. The average molecular weight is 268 g/mol. The van der Waals surface area contributed by atoms with Crippen LogP contribution in [0.25, 0.3) is 0 Å². The minimum absolute atomic E-state index is 0.132. The highest BCUT2D eigenvalue weighted by atomic mass is 16.3. The predicted molar refractivity (Wildman–Crippen MR) is 77.9 cm³/mol. The summed E-state index contributed by atoms with van der Waals surface area (Å²) in [5, 5.41) is 9.94. The molecule has 19 heavy (non-hydrogen) atoms. The van der Waals surface area contributed by atoms with Gasteiger partial charge in [-0.05, 0) is 39.7 Å². The maximum absolute atomic E-state index is 12.5. The number of aliphatic hydroxyl groups excluding tert-OH is 1. The van der Waals surface area contributed by atoms with Crippen LogP contribution in [0, 0.1) is 5.92 Å². The number of likely N-dealkylation sites (tertiary alicyclic amines) is 1. The molecule has 0 radical (unpaired) electrons. The first-order valence-corrected chi connectivity index (χ1v) is 7.22. The monoisotopic (exact) mass is 268 g/mol. The molecule has 3 atom stereocenters. The maximum Gasteiger partial charge on any atom is 0.239 e. The number of carbonyl (C=O) groups excluding carboxylic acids is 1. The summed E-state index contributed by atoms with van der Waals surface area (Å²) in [7, 11) is 0. The fourth-order valence-electron chi connectivity index (χ4n) is 2.52. The lowest BCUT2D eigenvalue weighted by Crippen LogP contribution is -2.53. The normalized spacial score (nSPS) is 25.9. The van der Waals surface area contributed by atoms with Crippen molar-refractivity contribution >= 4 is 5.91 Å². The molecule has 0 aromatic rings. The number of β-amino-alcohol motifs (C(OH)–C–C–N with tert-alkyl or cyclic N) is 1. The number of hydrogen-bond donors (Lipinski definition) is 1. The van der Waals surface area contributed by atoms with E-state index in [0.717, 1.165) is 18.5 Å². The average Bonchev–Trinajstić information content (AvgIpc) is 2.37. The first kappa shape index (κ1) is 16.2. The number of hydrogen-bond acceptors (Lipinski definition) is 3. The van der Waals surface area contributed by atoms with Crippen molar-refractivity contribution in [3.8, 4) is 0 Å². The third-order valence-electron chi connectivity index (χ3n) is 4.01.